The maximum Gasteiger partial charge on any atom is 0.240 e. The fourth-order valence-electron chi connectivity index (χ4n) is 0.947. The van der Waals surface area contributed by atoms with Crippen LogP contribution >= 0.6 is 0 Å². The van der Waals surface area contributed by atoms with Crippen LogP contribution in [-0.2, 0) is 6.54 Å². The molecule has 0 spiro atoms. The van der Waals surface area contributed by atoms with E-state index in [1.165, 1.54) is 4.57 Å². The van der Waals surface area contributed by atoms with Gasteiger partial charge in [0.25, 0.3) is 0 Å². The lowest BCUT2D eigenvalue weighted by molar-refractivity contribution is 0.131. The number of aryl methyl sites for hydroxylation is 1. The highest BCUT2D eigenvalue weighted by Crippen LogP contribution is 2.05. The Balaban J connectivity index is 2.58. The summed E-state index contributed by atoms with van der Waals surface area (Å²) in [5.74, 6) is 0. The molecule has 1 rings (SSSR count). The van der Waals surface area contributed by atoms with Gasteiger partial charge in [0.15, 0.2) is 0 Å². The van der Waals surface area contributed by atoms with E-state index in [0.29, 0.717) is 5.69 Å². The van der Waals surface area contributed by atoms with Gasteiger partial charge in [0, 0.05) is 19.2 Å². The molecule has 1 aromatic rings. The Morgan fingerprint density at radius 2 is 2.33 bits per heavy atom. The number of nitrogens with zero attached hydrogens (tertiary/aromatic N) is 2. The second-order valence-electron chi connectivity index (χ2n) is 2.38. The van der Waals surface area contributed by atoms with Crippen molar-refractivity contribution in [3.63, 3.8) is 0 Å². The van der Waals surface area contributed by atoms with E-state index in [9.17, 15) is 8.78 Å². The van der Waals surface area contributed by atoms with E-state index in [0.717, 1.165) is 0 Å². The van der Waals surface area contributed by atoms with Crippen LogP contribution in [0.2, 0.25) is 0 Å². The summed E-state index contributed by atoms with van der Waals surface area (Å²) >= 11 is 0. The summed E-state index contributed by atoms with van der Waals surface area (Å²) in [5, 5.41) is 8.51. The first-order valence-electron chi connectivity index (χ1n) is 3.57. The molecule has 1 aromatic heterocycles. The topological polar surface area (TPSA) is 28.7 Å². The highest BCUT2D eigenvalue weighted by molar-refractivity contribution is 5.21. The Labute approximate surface area is 69.0 Å². The fraction of sp³-hybridized carbons (Fsp3) is 0.375. The van der Waals surface area contributed by atoms with Crippen LogP contribution in [0.5, 0.6) is 0 Å². The molecule has 0 saturated heterocycles. The Hall–Kier alpha value is -1.37. The van der Waals surface area contributed by atoms with E-state index < -0.39 is 6.43 Å². The molecule has 0 aromatic carbocycles. The van der Waals surface area contributed by atoms with E-state index in [2.05, 4.69) is 0 Å². The number of hydrogen-bond donors (Lipinski definition) is 0. The molecule has 0 aliphatic heterocycles. The van der Waals surface area contributed by atoms with E-state index in [-0.39, 0.29) is 13.0 Å². The van der Waals surface area contributed by atoms with Crippen molar-refractivity contribution in [1.82, 2.24) is 4.57 Å². The molecule has 0 aliphatic rings. The second kappa shape index (κ2) is 3.86. The van der Waals surface area contributed by atoms with Gasteiger partial charge in [-0.15, -0.1) is 0 Å². The summed E-state index contributed by atoms with van der Waals surface area (Å²) in [6.07, 6.45) is -0.886. The molecule has 0 amide bonds. The molecule has 0 atom stereocenters. The van der Waals surface area contributed by atoms with Gasteiger partial charge in [0.2, 0.25) is 6.43 Å². The summed E-state index contributed by atoms with van der Waals surface area (Å²) < 4.78 is 25.1. The monoisotopic (exact) mass is 170 g/mol. The van der Waals surface area contributed by atoms with Crippen LogP contribution in [-0.4, -0.2) is 11.0 Å². The van der Waals surface area contributed by atoms with Gasteiger partial charge in [-0.3, -0.25) is 0 Å². The highest BCUT2D eigenvalue weighted by Gasteiger charge is 2.04. The van der Waals surface area contributed by atoms with Crippen LogP contribution in [0, 0.1) is 11.3 Å². The molecule has 0 aliphatic carbocycles. The van der Waals surface area contributed by atoms with Crippen molar-refractivity contribution in [2.45, 2.75) is 19.4 Å². The lowest BCUT2D eigenvalue weighted by Crippen LogP contribution is -2.03. The van der Waals surface area contributed by atoms with Crippen molar-refractivity contribution < 1.29 is 8.78 Å². The molecule has 64 valence electrons. The van der Waals surface area contributed by atoms with Gasteiger partial charge in [0.1, 0.15) is 11.8 Å². The Morgan fingerprint density at radius 3 is 2.92 bits per heavy atom. The van der Waals surface area contributed by atoms with E-state index >= 15 is 0 Å². The molecule has 1 heterocycles. The first kappa shape index (κ1) is 8.72. The summed E-state index contributed by atoms with van der Waals surface area (Å²) in [6.45, 7) is 0.202. The molecule has 2 nitrogen and oxygen atoms in total. The van der Waals surface area contributed by atoms with Gasteiger partial charge >= 0.3 is 0 Å². The van der Waals surface area contributed by atoms with Gasteiger partial charge < -0.3 is 4.57 Å². The highest BCUT2D eigenvalue weighted by atomic mass is 19.3. The van der Waals surface area contributed by atoms with Crippen LogP contribution in [0.3, 0.4) is 0 Å². The quantitative estimate of drug-likeness (QED) is 0.682. The van der Waals surface area contributed by atoms with Crippen LogP contribution in [0.1, 0.15) is 12.1 Å². The summed E-state index contributed by atoms with van der Waals surface area (Å²) in [7, 11) is 0. The minimum atomic E-state index is -2.31. The molecule has 0 fully saturated rings. The zero-order valence-electron chi connectivity index (χ0n) is 6.37. The number of hydrogen-bond acceptors (Lipinski definition) is 1. The Bertz CT molecular complexity index is 285. The molecular weight excluding hydrogens is 162 g/mol. The predicted octanol–water partition coefficient (Wildman–Crippen LogP) is 2.01. The molecule has 0 unspecified atom stereocenters. The molecule has 0 N–H and O–H groups in total. The van der Waals surface area contributed by atoms with Crippen LogP contribution in [0.15, 0.2) is 18.3 Å². The molecular formula is C8H8F2N2. The number of alkyl halides is 2. The molecule has 0 saturated carbocycles. The van der Waals surface area contributed by atoms with Crippen LogP contribution in [0.4, 0.5) is 8.78 Å². The first-order chi connectivity index (χ1) is 5.74. The third-order valence-electron chi connectivity index (χ3n) is 1.53. The minimum Gasteiger partial charge on any atom is -0.339 e. The van der Waals surface area contributed by atoms with Gasteiger partial charge in [-0.1, -0.05) is 0 Å². The predicted molar refractivity (Wildman–Crippen MR) is 39.8 cm³/mol. The van der Waals surface area contributed by atoms with Gasteiger partial charge in [0.05, 0.1) is 0 Å². The molecule has 4 heteroatoms. The zero-order valence-corrected chi connectivity index (χ0v) is 6.37. The summed E-state index contributed by atoms with van der Waals surface area (Å²) in [6, 6.07) is 5.19. The maximum atomic E-state index is 11.8. The van der Waals surface area contributed by atoms with Crippen molar-refractivity contribution in [2.75, 3.05) is 0 Å². The van der Waals surface area contributed by atoms with Crippen molar-refractivity contribution in [1.29, 1.82) is 5.26 Å². The van der Waals surface area contributed by atoms with Crippen LogP contribution < -0.4 is 0 Å². The van der Waals surface area contributed by atoms with Gasteiger partial charge in [-0.05, 0) is 12.1 Å². The normalized spacial score (nSPS) is 10.2. The summed E-state index contributed by atoms with van der Waals surface area (Å²) in [5.41, 5.74) is 0.427. The van der Waals surface area contributed by atoms with Crippen LogP contribution in [0.25, 0.3) is 0 Å². The summed E-state index contributed by atoms with van der Waals surface area (Å²) in [4.78, 5) is 0. The number of nitriles is 1. The smallest absolute Gasteiger partial charge is 0.240 e. The maximum absolute atomic E-state index is 11.8. The zero-order chi connectivity index (χ0) is 8.97. The van der Waals surface area contributed by atoms with E-state index in [4.69, 9.17) is 5.26 Å². The third-order valence-corrected chi connectivity index (χ3v) is 1.53. The number of halogens is 2. The van der Waals surface area contributed by atoms with Gasteiger partial charge in [-0.25, -0.2) is 8.78 Å². The molecule has 0 radical (unpaired) electrons. The van der Waals surface area contributed by atoms with Crippen molar-refractivity contribution in [3.8, 4) is 6.07 Å². The first-order valence-corrected chi connectivity index (χ1v) is 3.57. The van der Waals surface area contributed by atoms with Crippen molar-refractivity contribution >= 4 is 0 Å². The lowest BCUT2D eigenvalue weighted by Gasteiger charge is -2.02. The second-order valence-corrected chi connectivity index (χ2v) is 2.38. The SMILES string of the molecule is N#Cc1cccn1CCC(F)F. The van der Waals surface area contributed by atoms with E-state index in [1.807, 2.05) is 6.07 Å². The minimum absolute atomic E-state index is 0.202. The lowest BCUT2D eigenvalue weighted by atomic mass is 10.4. The van der Waals surface area contributed by atoms with Crippen molar-refractivity contribution in [2.24, 2.45) is 0 Å². The molecule has 12 heavy (non-hydrogen) atoms. The third kappa shape index (κ3) is 2.06. The average Bonchev–Trinajstić information content (AvgIpc) is 2.47. The number of rotatable bonds is 3. The largest absolute Gasteiger partial charge is 0.339 e. The standard InChI is InChI=1S/C8H8F2N2/c9-8(10)3-5-12-4-1-2-7(12)6-11/h1-2,4,8H,3,5H2. The Kier molecular flexibility index (Phi) is 2.81. The van der Waals surface area contributed by atoms with Gasteiger partial charge in [-0.2, -0.15) is 5.26 Å². The fourth-order valence-corrected chi connectivity index (χ4v) is 0.947. The van der Waals surface area contributed by atoms with E-state index in [1.54, 1.807) is 18.3 Å². The average molecular weight is 170 g/mol. The Morgan fingerprint density at radius 1 is 1.58 bits per heavy atom. The number of aromatic nitrogens is 1. The van der Waals surface area contributed by atoms with Crippen molar-refractivity contribution in [3.05, 3.63) is 24.0 Å². The molecule has 0 bridgehead atoms.